The molecule has 1 saturated heterocycles. The molecule has 0 spiro atoms. The van der Waals surface area contributed by atoms with E-state index in [1.807, 2.05) is 70.2 Å². The number of hydrogen-bond donors (Lipinski definition) is 2. The molecule has 1 fully saturated rings. The Morgan fingerprint density at radius 3 is 2.52 bits per heavy atom. The number of likely N-dealkylation sites (tertiary alicyclic amines) is 1. The third kappa shape index (κ3) is 4.97. The van der Waals surface area contributed by atoms with E-state index < -0.39 is 5.41 Å². The van der Waals surface area contributed by atoms with Gasteiger partial charge >= 0.3 is 6.03 Å². The first kappa shape index (κ1) is 20.9. The SMILES string of the molecule is Cc1ccc(CNC(=O)C2(C)CCCN(C(=O)Nc3cccc(C)c3C)C2)cc1. The Hall–Kier alpha value is -2.82. The van der Waals surface area contributed by atoms with E-state index in [0.717, 1.165) is 35.2 Å². The fraction of sp³-hybridized carbons (Fsp3) is 0.417. The van der Waals surface area contributed by atoms with Crippen LogP contribution >= 0.6 is 0 Å². The summed E-state index contributed by atoms with van der Waals surface area (Å²) in [6.07, 6.45) is 1.59. The summed E-state index contributed by atoms with van der Waals surface area (Å²) in [7, 11) is 0. The first-order chi connectivity index (χ1) is 13.8. The molecule has 3 rings (SSSR count). The zero-order chi connectivity index (χ0) is 21.0. The van der Waals surface area contributed by atoms with E-state index in [-0.39, 0.29) is 11.9 Å². The maximum atomic E-state index is 12.9. The van der Waals surface area contributed by atoms with Gasteiger partial charge in [-0.3, -0.25) is 4.79 Å². The predicted octanol–water partition coefficient (Wildman–Crippen LogP) is 4.56. The van der Waals surface area contributed by atoms with Gasteiger partial charge < -0.3 is 15.5 Å². The zero-order valence-electron chi connectivity index (χ0n) is 17.8. The van der Waals surface area contributed by atoms with Gasteiger partial charge in [0.25, 0.3) is 0 Å². The quantitative estimate of drug-likeness (QED) is 0.800. The third-order valence-electron chi connectivity index (χ3n) is 5.95. The minimum absolute atomic E-state index is 0.00214. The average Bonchev–Trinajstić information content (AvgIpc) is 2.70. The lowest BCUT2D eigenvalue weighted by atomic mass is 9.81. The fourth-order valence-corrected chi connectivity index (χ4v) is 3.78. The van der Waals surface area contributed by atoms with Crippen molar-refractivity contribution in [3.8, 4) is 0 Å². The number of nitrogens with zero attached hydrogens (tertiary/aromatic N) is 1. The molecule has 2 aromatic rings. The number of urea groups is 1. The van der Waals surface area contributed by atoms with E-state index in [4.69, 9.17) is 0 Å². The van der Waals surface area contributed by atoms with Crippen molar-refractivity contribution in [1.29, 1.82) is 0 Å². The molecule has 29 heavy (non-hydrogen) atoms. The van der Waals surface area contributed by atoms with Crippen LogP contribution in [-0.4, -0.2) is 29.9 Å². The van der Waals surface area contributed by atoms with Crippen molar-refractivity contribution in [3.05, 3.63) is 64.7 Å². The largest absolute Gasteiger partial charge is 0.351 e. The monoisotopic (exact) mass is 393 g/mol. The number of piperidine rings is 1. The Bertz CT molecular complexity index is 891. The molecule has 2 aromatic carbocycles. The molecule has 0 saturated carbocycles. The van der Waals surface area contributed by atoms with Crippen LogP contribution in [0.3, 0.4) is 0 Å². The van der Waals surface area contributed by atoms with Crippen molar-refractivity contribution in [3.63, 3.8) is 0 Å². The summed E-state index contributed by atoms with van der Waals surface area (Å²) in [6, 6.07) is 13.9. The molecule has 154 valence electrons. The van der Waals surface area contributed by atoms with Crippen molar-refractivity contribution in [2.75, 3.05) is 18.4 Å². The minimum atomic E-state index is -0.581. The number of hydrogen-bond acceptors (Lipinski definition) is 2. The fourth-order valence-electron chi connectivity index (χ4n) is 3.78. The van der Waals surface area contributed by atoms with Crippen LogP contribution < -0.4 is 10.6 Å². The van der Waals surface area contributed by atoms with E-state index in [9.17, 15) is 9.59 Å². The van der Waals surface area contributed by atoms with Gasteiger partial charge in [-0.1, -0.05) is 42.0 Å². The summed E-state index contributed by atoms with van der Waals surface area (Å²) in [6.45, 7) is 9.62. The number of aryl methyl sites for hydroxylation is 2. The van der Waals surface area contributed by atoms with E-state index in [2.05, 4.69) is 10.6 Å². The molecule has 1 aliphatic heterocycles. The van der Waals surface area contributed by atoms with Gasteiger partial charge in [-0.2, -0.15) is 0 Å². The Morgan fingerprint density at radius 1 is 1.07 bits per heavy atom. The number of nitrogens with one attached hydrogen (secondary N) is 2. The predicted molar refractivity (Wildman–Crippen MR) is 117 cm³/mol. The summed E-state index contributed by atoms with van der Waals surface area (Å²) in [4.78, 5) is 27.5. The summed E-state index contributed by atoms with van der Waals surface area (Å²) in [5, 5.41) is 6.07. The van der Waals surface area contributed by atoms with E-state index >= 15 is 0 Å². The van der Waals surface area contributed by atoms with Gasteiger partial charge in [-0.15, -0.1) is 0 Å². The zero-order valence-corrected chi connectivity index (χ0v) is 17.8. The van der Waals surface area contributed by atoms with Crippen LogP contribution in [-0.2, 0) is 11.3 Å². The van der Waals surface area contributed by atoms with Crippen LogP contribution in [0, 0.1) is 26.2 Å². The maximum absolute atomic E-state index is 12.9. The van der Waals surface area contributed by atoms with E-state index in [1.54, 1.807) is 4.90 Å². The van der Waals surface area contributed by atoms with E-state index in [0.29, 0.717) is 19.6 Å². The minimum Gasteiger partial charge on any atom is -0.351 e. The molecule has 0 aromatic heterocycles. The molecule has 0 bridgehead atoms. The maximum Gasteiger partial charge on any atom is 0.321 e. The Labute approximate surface area is 173 Å². The highest BCUT2D eigenvalue weighted by atomic mass is 16.2. The topological polar surface area (TPSA) is 61.4 Å². The number of benzene rings is 2. The van der Waals surface area contributed by atoms with Crippen molar-refractivity contribution >= 4 is 17.6 Å². The molecule has 5 nitrogen and oxygen atoms in total. The van der Waals surface area contributed by atoms with Gasteiger partial charge in [-0.05, 0) is 63.3 Å². The van der Waals surface area contributed by atoms with E-state index in [1.165, 1.54) is 5.56 Å². The summed E-state index contributed by atoms with van der Waals surface area (Å²) < 4.78 is 0. The van der Waals surface area contributed by atoms with Gasteiger partial charge in [0.1, 0.15) is 0 Å². The lowest BCUT2D eigenvalue weighted by Crippen LogP contribution is -2.52. The summed E-state index contributed by atoms with van der Waals surface area (Å²) in [5.74, 6) is 0.00214. The second-order valence-electron chi connectivity index (χ2n) is 8.43. The van der Waals surface area contributed by atoms with Crippen molar-refractivity contribution in [1.82, 2.24) is 10.2 Å². The number of carbonyl (C=O) groups excluding carboxylic acids is 2. The first-order valence-electron chi connectivity index (χ1n) is 10.2. The first-order valence-corrected chi connectivity index (χ1v) is 10.2. The number of rotatable bonds is 4. The highest BCUT2D eigenvalue weighted by molar-refractivity contribution is 5.91. The summed E-state index contributed by atoms with van der Waals surface area (Å²) in [5.41, 5.74) is 4.73. The van der Waals surface area contributed by atoms with Crippen molar-refractivity contribution in [2.45, 2.75) is 47.1 Å². The van der Waals surface area contributed by atoms with Crippen molar-refractivity contribution in [2.24, 2.45) is 5.41 Å². The molecule has 1 unspecified atom stereocenters. The molecular weight excluding hydrogens is 362 g/mol. The number of amides is 3. The van der Waals surface area contributed by atoms with Gasteiger partial charge in [0.05, 0.1) is 5.41 Å². The second kappa shape index (κ2) is 8.68. The van der Waals surface area contributed by atoms with Gasteiger partial charge in [-0.25, -0.2) is 4.79 Å². The molecule has 1 aliphatic rings. The van der Waals surface area contributed by atoms with Gasteiger partial charge in [0, 0.05) is 25.3 Å². The smallest absolute Gasteiger partial charge is 0.321 e. The van der Waals surface area contributed by atoms with Gasteiger partial charge in [0.15, 0.2) is 0 Å². The molecule has 2 N–H and O–H groups in total. The highest BCUT2D eigenvalue weighted by Gasteiger charge is 2.39. The second-order valence-corrected chi connectivity index (χ2v) is 8.43. The molecule has 1 heterocycles. The molecule has 0 radical (unpaired) electrons. The molecule has 5 heteroatoms. The van der Waals surface area contributed by atoms with Crippen LogP contribution in [0.4, 0.5) is 10.5 Å². The Morgan fingerprint density at radius 2 is 1.79 bits per heavy atom. The van der Waals surface area contributed by atoms with Crippen LogP contribution in [0.5, 0.6) is 0 Å². The lowest BCUT2D eigenvalue weighted by molar-refractivity contribution is -0.132. The normalized spacial score (nSPS) is 19.0. The Kier molecular flexibility index (Phi) is 6.26. The molecular formula is C24H31N3O2. The lowest BCUT2D eigenvalue weighted by Gasteiger charge is -2.39. The standard InChI is InChI=1S/C24H31N3O2/c1-17-9-11-20(12-10-17)15-25-22(28)24(4)13-6-14-27(16-24)23(29)26-21-8-5-7-18(2)19(21)3/h5,7-12H,6,13-16H2,1-4H3,(H,25,28)(H,26,29). The molecule has 3 amide bonds. The Balaban J connectivity index is 1.61. The average molecular weight is 394 g/mol. The summed E-state index contributed by atoms with van der Waals surface area (Å²) >= 11 is 0. The van der Waals surface area contributed by atoms with Crippen molar-refractivity contribution < 1.29 is 9.59 Å². The van der Waals surface area contributed by atoms with Crippen LogP contribution in [0.25, 0.3) is 0 Å². The number of anilines is 1. The van der Waals surface area contributed by atoms with Crippen LogP contribution in [0.15, 0.2) is 42.5 Å². The van der Waals surface area contributed by atoms with Crippen LogP contribution in [0.2, 0.25) is 0 Å². The highest BCUT2D eigenvalue weighted by Crippen LogP contribution is 2.30. The number of carbonyl (C=O) groups is 2. The third-order valence-corrected chi connectivity index (χ3v) is 5.95. The molecule has 0 aliphatic carbocycles. The molecule has 1 atom stereocenters. The van der Waals surface area contributed by atoms with Crippen LogP contribution in [0.1, 0.15) is 42.0 Å². The van der Waals surface area contributed by atoms with Gasteiger partial charge in [0.2, 0.25) is 5.91 Å².